The topological polar surface area (TPSA) is 92.0 Å². The molecule has 0 N–H and O–H groups in total. The summed E-state index contributed by atoms with van der Waals surface area (Å²) in [5.74, 6) is 0. The fourth-order valence-corrected chi connectivity index (χ4v) is 3.24. The number of rotatable bonds is 2. The van der Waals surface area contributed by atoms with E-state index in [2.05, 4.69) is 4.98 Å². The quantitative estimate of drug-likeness (QED) is 0.494. The average Bonchev–Trinajstić information content (AvgIpc) is 3.02. The van der Waals surface area contributed by atoms with Gasteiger partial charge in [-0.1, -0.05) is 11.6 Å². The van der Waals surface area contributed by atoms with Crippen molar-refractivity contribution in [2.75, 3.05) is 0 Å². The number of halogens is 1. The third kappa shape index (κ3) is 2.38. The monoisotopic (exact) mass is 372 g/mol. The molecule has 3 aromatic heterocycles. The second-order valence-electron chi connectivity index (χ2n) is 5.98. The maximum atomic E-state index is 12.3. The molecule has 0 radical (unpaired) electrons. The van der Waals surface area contributed by atoms with Gasteiger partial charge >= 0.3 is 11.3 Å². The van der Waals surface area contributed by atoms with Crippen LogP contribution in [0.2, 0.25) is 5.02 Å². The van der Waals surface area contributed by atoms with Gasteiger partial charge in [0.1, 0.15) is 11.2 Å². The van der Waals surface area contributed by atoms with Crippen molar-refractivity contribution in [3.05, 3.63) is 72.4 Å². The Hall–Kier alpha value is -3.13. The van der Waals surface area contributed by atoms with Crippen LogP contribution in [0.15, 0.2) is 49.4 Å². The predicted molar refractivity (Wildman–Crippen MR) is 96.8 cm³/mol. The SMILES string of the molecule is Cn1c(=O)c2ncn(Cc3cc(=O)oc4ccc(Cl)cc34)c2n(C)c1=O. The molecule has 0 amide bonds. The lowest BCUT2D eigenvalue weighted by molar-refractivity contribution is 0.557. The van der Waals surface area contributed by atoms with Crippen LogP contribution in [0.25, 0.3) is 22.1 Å². The van der Waals surface area contributed by atoms with Gasteiger partial charge in [-0.05, 0) is 23.8 Å². The van der Waals surface area contributed by atoms with Gasteiger partial charge in [-0.3, -0.25) is 13.9 Å². The highest BCUT2D eigenvalue weighted by Crippen LogP contribution is 2.23. The third-order valence-electron chi connectivity index (χ3n) is 4.34. The highest BCUT2D eigenvalue weighted by molar-refractivity contribution is 6.31. The molecule has 3 heterocycles. The van der Waals surface area contributed by atoms with E-state index in [0.717, 1.165) is 4.57 Å². The highest BCUT2D eigenvalue weighted by Gasteiger charge is 2.15. The van der Waals surface area contributed by atoms with E-state index in [9.17, 15) is 14.4 Å². The Balaban J connectivity index is 1.99. The standard InChI is InChI=1S/C17H13ClN4O4/c1-20-15-14(16(24)21(2)17(20)25)19-8-22(15)7-9-5-13(23)26-12-4-3-10(18)6-11(9)12/h3-6,8H,7H2,1-2H3. The van der Waals surface area contributed by atoms with Crippen molar-refractivity contribution in [3.8, 4) is 0 Å². The summed E-state index contributed by atoms with van der Waals surface area (Å²) >= 11 is 6.06. The molecule has 26 heavy (non-hydrogen) atoms. The molecule has 0 aliphatic carbocycles. The summed E-state index contributed by atoms with van der Waals surface area (Å²) < 4.78 is 9.20. The van der Waals surface area contributed by atoms with E-state index >= 15 is 0 Å². The van der Waals surface area contributed by atoms with Crippen LogP contribution < -0.4 is 16.9 Å². The van der Waals surface area contributed by atoms with Gasteiger partial charge in [0.05, 0.1) is 12.9 Å². The number of benzene rings is 1. The normalized spacial score (nSPS) is 11.5. The van der Waals surface area contributed by atoms with Gasteiger partial charge in [-0.25, -0.2) is 14.6 Å². The molecule has 0 aliphatic heterocycles. The Kier molecular flexibility index (Phi) is 3.58. The van der Waals surface area contributed by atoms with E-state index in [-0.39, 0.29) is 12.1 Å². The van der Waals surface area contributed by atoms with E-state index < -0.39 is 16.9 Å². The van der Waals surface area contributed by atoms with E-state index in [1.165, 1.54) is 24.0 Å². The van der Waals surface area contributed by atoms with Gasteiger partial charge in [-0.2, -0.15) is 0 Å². The number of hydrogen-bond acceptors (Lipinski definition) is 5. The third-order valence-corrected chi connectivity index (χ3v) is 4.57. The molecule has 8 nitrogen and oxygen atoms in total. The van der Waals surface area contributed by atoms with Crippen LogP contribution in [-0.2, 0) is 20.6 Å². The van der Waals surface area contributed by atoms with Crippen molar-refractivity contribution < 1.29 is 4.42 Å². The first kappa shape index (κ1) is 16.3. The fourth-order valence-electron chi connectivity index (χ4n) is 3.07. The van der Waals surface area contributed by atoms with Crippen molar-refractivity contribution in [2.24, 2.45) is 14.1 Å². The van der Waals surface area contributed by atoms with E-state index in [4.69, 9.17) is 16.0 Å². The summed E-state index contributed by atoms with van der Waals surface area (Å²) in [6.07, 6.45) is 1.47. The van der Waals surface area contributed by atoms with Gasteiger partial charge in [0.2, 0.25) is 0 Å². The maximum absolute atomic E-state index is 12.3. The first-order chi connectivity index (χ1) is 12.4. The van der Waals surface area contributed by atoms with Gasteiger partial charge in [0, 0.05) is 30.6 Å². The number of hydrogen-bond donors (Lipinski definition) is 0. The summed E-state index contributed by atoms with van der Waals surface area (Å²) in [6, 6.07) is 6.33. The Morgan fingerprint density at radius 2 is 1.88 bits per heavy atom. The molecule has 0 saturated heterocycles. The molecule has 4 rings (SSSR count). The van der Waals surface area contributed by atoms with Crippen molar-refractivity contribution >= 4 is 33.7 Å². The van der Waals surface area contributed by atoms with E-state index in [1.807, 2.05) is 0 Å². The van der Waals surface area contributed by atoms with Crippen molar-refractivity contribution in [1.82, 2.24) is 18.7 Å². The largest absolute Gasteiger partial charge is 0.423 e. The second-order valence-corrected chi connectivity index (χ2v) is 6.42. The molecule has 9 heteroatoms. The number of aromatic nitrogens is 4. The summed E-state index contributed by atoms with van der Waals surface area (Å²) in [5, 5.41) is 1.18. The zero-order chi connectivity index (χ0) is 18.6. The van der Waals surface area contributed by atoms with Gasteiger partial charge in [-0.15, -0.1) is 0 Å². The van der Waals surface area contributed by atoms with Crippen LogP contribution >= 0.6 is 11.6 Å². The number of fused-ring (bicyclic) bond motifs is 2. The van der Waals surface area contributed by atoms with Gasteiger partial charge < -0.3 is 8.98 Å². The smallest absolute Gasteiger partial charge is 0.336 e. The molecule has 0 unspecified atom stereocenters. The van der Waals surface area contributed by atoms with E-state index in [0.29, 0.717) is 27.2 Å². The summed E-state index contributed by atoms with van der Waals surface area (Å²) in [4.78, 5) is 40.5. The minimum absolute atomic E-state index is 0.180. The Bertz CT molecular complexity index is 1360. The average molecular weight is 373 g/mol. The van der Waals surface area contributed by atoms with Crippen LogP contribution in [0.1, 0.15) is 5.56 Å². The minimum atomic E-state index is -0.496. The molecule has 0 spiro atoms. The molecule has 0 bridgehead atoms. The second kappa shape index (κ2) is 5.70. The number of nitrogens with zero attached hydrogens (tertiary/aromatic N) is 4. The zero-order valence-electron chi connectivity index (χ0n) is 13.9. The first-order valence-electron chi connectivity index (χ1n) is 7.70. The lowest BCUT2D eigenvalue weighted by Crippen LogP contribution is -2.37. The van der Waals surface area contributed by atoms with Crippen LogP contribution in [0.5, 0.6) is 0 Å². The van der Waals surface area contributed by atoms with Crippen LogP contribution in [0, 0.1) is 0 Å². The molecule has 0 aliphatic rings. The zero-order valence-corrected chi connectivity index (χ0v) is 14.6. The lowest BCUT2D eigenvalue weighted by Gasteiger charge is -2.10. The van der Waals surface area contributed by atoms with Crippen molar-refractivity contribution in [2.45, 2.75) is 6.54 Å². The Morgan fingerprint density at radius 1 is 1.12 bits per heavy atom. The highest BCUT2D eigenvalue weighted by atomic mass is 35.5. The van der Waals surface area contributed by atoms with E-state index in [1.54, 1.807) is 29.8 Å². The molecule has 0 fully saturated rings. The first-order valence-corrected chi connectivity index (χ1v) is 8.08. The maximum Gasteiger partial charge on any atom is 0.336 e. The summed E-state index contributed by atoms with van der Waals surface area (Å²) in [6.45, 7) is 0.222. The lowest BCUT2D eigenvalue weighted by atomic mass is 10.1. The van der Waals surface area contributed by atoms with Crippen LogP contribution in [0.4, 0.5) is 0 Å². The van der Waals surface area contributed by atoms with Crippen molar-refractivity contribution in [1.29, 1.82) is 0 Å². The van der Waals surface area contributed by atoms with Gasteiger partial charge in [0.25, 0.3) is 5.56 Å². The molecule has 1 aromatic carbocycles. The molecule has 0 atom stereocenters. The summed E-state index contributed by atoms with van der Waals surface area (Å²) in [7, 11) is 2.97. The number of imidazole rings is 1. The predicted octanol–water partition coefficient (Wildman–Crippen LogP) is 1.24. The van der Waals surface area contributed by atoms with Crippen molar-refractivity contribution in [3.63, 3.8) is 0 Å². The van der Waals surface area contributed by atoms with Crippen LogP contribution in [0.3, 0.4) is 0 Å². The molecule has 132 valence electrons. The fraction of sp³-hybridized carbons (Fsp3) is 0.176. The molecule has 0 saturated carbocycles. The molecular weight excluding hydrogens is 360 g/mol. The summed E-state index contributed by atoms with van der Waals surface area (Å²) in [5.41, 5.74) is 0.190. The molecule has 4 aromatic rings. The minimum Gasteiger partial charge on any atom is -0.423 e. The number of aryl methyl sites for hydroxylation is 1. The van der Waals surface area contributed by atoms with Crippen LogP contribution in [-0.4, -0.2) is 18.7 Å². The Morgan fingerprint density at radius 3 is 2.65 bits per heavy atom. The Labute approximate surface area is 150 Å². The molecular formula is C17H13ClN4O4. The van der Waals surface area contributed by atoms with Gasteiger partial charge in [0.15, 0.2) is 5.52 Å².